The van der Waals surface area contributed by atoms with Crippen molar-refractivity contribution in [3.8, 4) is 5.75 Å². The molecule has 2 N–H and O–H groups in total. The number of nitrogens with one attached hydrogen (secondary N) is 1. The predicted molar refractivity (Wildman–Crippen MR) is 62.2 cm³/mol. The molecule has 16 heavy (non-hydrogen) atoms. The number of alkyl halides is 1. The Morgan fingerprint density at radius 1 is 1.38 bits per heavy atom. The molecule has 2 rings (SSSR count). The fourth-order valence-electron chi connectivity index (χ4n) is 2.34. The summed E-state index contributed by atoms with van der Waals surface area (Å²) in [6, 6.07) is 6.43. The molecule has 0 spiro atoms. The second-order valence-corrected chi connectivity index (χ2v) is 4.67. The highest BCUT2D eigenvalue weighted by molar-refractivity contribution is 5.30. The van der Waals surface area contributed by atoms with E-state index in [4.69, 9.17) is 0 Å². The molecule has 2 nitrogen and oxygen atoms in total. The molecule has 1 fully saturated rings. The van der Waals surface area contributed by atoms with Gasteiger partial charge in [-0.25, -0.2) is 4.39 Å². The fraction of sp³-hybridized carbons (Fsp3) is 0.538. The number of phenols is 1. The molecule has 0 saturated carbocycles. The maximum absolute atomic E-state index is 14.7. The Morgan fingerprint density at radius 3 is 2.62 bits per heavy atom. The highest BCUT2D eigenvalue weighted by Crippen LogP contribution is 2.37. The number of hydrogen-bond donors (Lipinski definition) is 2. The Bertz CT molecular complexity index is 341. The molecule has 0 radical (unpaired) electrons. The summed E-state index contributed by atoms with van der Waals surface area (Å²) in [6.45, 7) is 3.35. The summed E-state index contributed by atoms with van der Waals surface area (Å²) in [7, 11) is 0. The normalized spacial score (nSPS) is 25.0. The van der Waals surface area contributed by atoms with E-state index < -0.39 is 5.67 Å². The van der Waals surface area contributed by atoms with Crippen molar-refractivity contribution in [1.82, 2.24) is 5.32 Å². The van der Waals surface area contributed by atoms with Gasteiger partial charge in [0.05, 0.1) is 0 Å². The maximum Gasteiger partial charge on any atom is 0.137 e. The minimum Gasteiger partial charge on any atom is -0.508 e. The Balaban J connectivity index is 2.19. The molecule has 1 saturated heterocycles. The first kappa shape index (κ1) is 11.4. The lowest BCUT2D eigenvalue weighted by atomic mass is 9.80. The van der Waals surface area contributed by atoms with Crippen molar-refractivity contribution in [1.29, 1.82) is 0 Å². The van der Waals surface area contributed by atoms with Gasteiger partial charge in [0.1, 0.15) is 11.4 Å². The lowest BCUT2D eigenvalue weighted by molar-refractivity contribution is 0.0811. The van der Waals surface area contributed by atoms with E-state index in [1.807, 2.05) is 0 Å². The number of halogens is 1. The molecule has 0 bridgehead atoms. The van der Waals surface area contributed by atoms with Crippen molar-refractivity contribution in [2.45, 2.75) is 25.4 Å². The number of aromatic hydroxyl groups is 1. The topological polar surface area (TPSA) is 32.3 Å². The van der Waals surface area contributed by atoms with Crippen LogP contribution >= 0.6 is 0 Å². The fourth-order valence-corrected chi connectivity index (χ4v) is 2.34. The third-order valence-electron chi connectivity index (χ3n) is 3.50. The first-order chi connectivity index (χ1) is 7.60. The average Bonchev–Trinajstić information content (AvgIpc) is 2.31. The van der Waals surface area contributed by atoms with Crippen LogP contribution in [0.5, 0.6) is 5.75 Å². The number of benzene rings is 1. The van der Waals surface area contributed by atoms with E-state index >= 15 is 0 Å². The third kappa shape index (κ3) is 2.19. The lowest BCUT2D eigenvalue weighted by Gasteiger charge is -2.34. The summed E-state index contributed by atoms with van der Waals surface area (Å²) in [5, 5.41) is 12.4. The van der Waals surface area contributed by atoms with Gasteiger partial charge in [0.15, 0.2) is 0 Å². The monoisotopic (exact) mass is 223 g/mol. The molecule has 1 aliphatic rings. The lowest BCUT2D eigenvalue weighted by Crippen LogP contribution is -2.39. The van der Waals surface area contributed by atoms with Gasteiger partial charge in [-0.15, -0.1) is 0 Å². The Morgan fingerprint density at radius 2 is 2.06 bits per heavy atom. The molecule has 2 unspecified atom stereocenters. The molecular formula is C13H18FNO. The second-order valence-electron chi connectivity index (χ2n) is 4.67. The molecule has 1 aromatic carbocycles. The van der Waals surface area contributed by atoms with Gasteiger partial charge in [-0.1, -0.05) is 12.1 Å². The van der Waals surface area contributed by atoms with E-state index in [0.717, 1.165) is 25.9 Å². The van der Waals surface area contributed by atoms with E-state index in [9.17, 15) is 9.50 Å². The molecule has 1 heterocycles. The molecule has 0 amide bonds. The van der Waals surface area contributed by atoms with Crippen LogP contribution in [-0.2, 0) is 5.67 Å². The van der Waals surface area contributed by atoms with Crippen LogP contribution in [0.15, 0.2) is 24.3 Å². The van der Waals surface area contributed by atoms with Gasteiger partial charge in [0.25, 0.3) is 0 Å². The first-order valence-corrected chi connectivity index (χ1v) is 5.80. The molecule has 1 aliphatic heterocycles. The van der Waals surface area contributed by atoms with Crippen LogP contribution in [0.1, 0.15) is 25.3 Å². The molecular weight excluding hydrogens is 205 g/mol. The van der Waals surface area contributed by atoms with Crippen LogP contribution in [0, 0.1) is 5.92 Å². The van der Waals surface area contributed by atoms with Crippen molar-refractivity contribution in [2.75, 3.05) is 13.1 Å². The van der Waals surface area contributed by atoms with E-state index in [1.165, 1.54) is 0 Å². The van der Waals surface area contributed by atoms with Gasteiger partial charge in [-0.2, -0.15) is 0 Å². The third-order valence-corrected chi connectivity index (χ3v) is 3.50. The number of rotatable bonds is 2. The van der Waals surface area contributed by atoms with Crippen LogP contribution in [0.3, 0.4) is 0 Å². The van der Waals surface area contributed by atoms with E-state index in [2.05, 4.69) is 5.32 Å². The summed E-state index contributed by atoms with van der Waals surface area (Å²) in [4.78, 5) is 0. The van der Waals surface area contributed by atoms with Crippen LogP contribution in [0.2, 0.25) is 0 Å². The quantitative estimate of drug-likeness (QED) is 0.807. The minimum atomic E-state index is -1.32. The second kappa shape index (κ2) is 4.42. The summed E-state index contributed by atoms with van der Waals surface area (Å²) >= 11 is 0. The maximum atomic E-state index is 14.7. The van der Waals surface area contributed by atoms with Crippen LogP contribution in [-0.4, -0.2) is 18.2 Å². The van der Waals surface area contributed by atoms with Gasteiger partial charge in [0, 0.05) is 12.5 Å². The van der Waals surface area contributed by atoms with Gasteiger partial charge >= 0.3 is 0 Å². The SMILES string of the molecule is CC(F)(c1ccc(O)cc1)C1CCCNC1. The zero-order valence-corrected chi connectivity index (χ0v) is 9.54. The highest BCUT2D eigenvalue weighted by atomic mass is 19.1. The zero-order valence-electron chi connectivity index (χ0n) is 9.54. The van der Waals surface area contributed by atoms with Gasteiger partial charge in [0.2, 0.25) is 0 Å². The molecule has 1 aromatic rings. The average molecular weight is 223 g/mol. The van der Waals surface area contributed by atoms with E-state index in [0.29, 0.717) is 5.56 Å². The summed E-state index contributed by atoms with van der Waals surface area (Å²) in [5.74, 6) is 0.201. The standard InChI is InChI=1S/C13H18FNO/c1-13(14,11-3-2-8-15-9-11)10-4-6-12(16)7-5-10/h4-7,11,15-16H,2-3,8-9H2,1H3. The molecule has 0 aliphatic carbocycles. The molecule has 88 valence electrons. The molecule has 3 heteroatoms. The largest absolute Gasteiger partial charge is 0.508 e. The van der Waals surface area contributed by atoms with Crippen molar-refractivity contribution < 1.29 is 9.50 Å². The Kier molecular flexibility index (Phi) is 3.15. The van der Waals surface area contributed by atoms with Crippen molar-refractivity contribution in [3.63, 3.8) is 0 Å². The Labute approximate surface area is 95.5 Å². The van der Waals surface area contributed by atoms with Crippen LogP contribution < -0.4 is 5.32 Å². The van der Waals surface area contributed by atoms with E-state index in [-0.39, 0.29) is 11.7 Å². The summed E-state index contributed by atoms with van der Waals surface area (Å²) < 4.78 is 14.7. The zero-order chi connectivity index (χ0) is 11.6. The van der Waals surface area contributed by atoms with Crippen LogP contribution in [0.25, 0.3) is 0 Å². The Hall–Kier alpha value is -1.09. The van der Waals surface area contributed by atoms with Crippen molar-refractivity contribution in [3.05, 3.63) is 29.8 Å². The highest BCUT2D eigenvalue weighted by Gasteiger charge is 2.36. The minimum absolute atomic E-state index is 0.0193. The van der Waals surface area contributed by atoms with Crippen molar-refractivity contribution in [2.24, 2.45) is 5.92 Å². The number of hydrogen-bond acceptors (Lipinski definition) is 2. The predicted octanol–water partition coefficient (Wildman–Crippen LogP) is 2.58. The van der Waals surface area contributed by atoms with E-state index in [1.54, 1.807) is 31.2 Å². The van der Waals surface area contributed by atoms with Crippen LogP contribution in [0.4, 0.5) is 4.39 Å². The summed E-state index contributed by atoms with van der Waals surface area (Å²) in [5.41, 5.74) is -0.666. The van der Waals surface area contributed by atoms with Gasteiger partial charge in [-0.3, -0.25) is 0 Å². The summed E-state index contributed by atoms with van der Waals surface area (Å²) in [6.07, 6.45) is 1.95. The van der Waals surface area contributed by atoms with Gasteiger partial charge in [-0.05, 0) is 44.0 Å². The first-order valence-electron chi connectivity index (χ1n) is 5.80. The number of piperidine rings is 1. The molecule has 0 aromatic heterocycles. The van der Waals surface area contributed by atoms with Gasteiger partial charge < -0.3 is 10.4 Å². The number of phenolic OH excluding ortho intramolecular Hbond substituents is 1. The smallest absolute Gasteiger partial charge is 0.137 e. The van der Waals surface area contributed by atoms with Crippen molar-refractivity contribution >= 4 is 0 Å². The molecule has 2 atom stereocenters.